The van der Waals surface area contributed by atoms with Crippen LogP contribution >= 0.6 is 11.6 Å². The number of nitrogens with zero attached hydrogens (tertiary/aromatic N) is 3. The maximum Gasteiger partial charge on any atom is 0.0863 e. The second kappa shape index (κ2) is 5.19. The Kier molecular flexibility index (Phi) is 3.99. The van der Waals surface area contributed by atoms with Crippen LogP contribution in [0.2, 0.25) is 5.02 Å². The van der Waals surface area contributed by atoms with Crippen molar-refractivity contribution in [2.45, 2.75) is 39.3 Å². The Hall–Kier alpha value is -0.580. The molecule has 102 valence electrons. The Morgan fingerprint density at radius 1 is 1.44 bits per heavy atom. The highest BCUT2D eigenvalue weighted by atomic mass is 35.5. The Bertz CT molecular complexity index is 425. The van der Waals surface area contributed by atoms with E-state index in [1.165, 1.54) is 0 Å². The number of aromatic nitrogens is 2. The van der Waals surface area contributed by atoms with Crippen LogP contribution in [0.3, 0.4) is 0 Å². The number of hydrogen-bond acceptors (Lipinski definition) is 3. The van der Waals surface area contributed by atoms with Crippen molar-refractivity contribution < 1.29 is 0 Å². The molecule has 1 aliphatic rings. The van der Waals surface area contributed by atoms with E-state index in [0.717, 1.165) is 49.0 Å². The van der Waals surface area contributed by atoms with E-state index in [1.54, 1.807) is 0 Å². The molecule has 18 heavy (non-hydrogen) atoms. The van der Waals surface area contributed by atoms with Gasteiger partial charge in [-0.25, -0.2) is 0 Å². The van der Waals surface area contributed by atoms with Gasteiger partial charge < -0.3 is 5.32 Å². The lowest BCUT2D eigenvalue weighted by Gasteiger charge is -2.42. The fourth-order valence-electron chi connectivity index (χ4n) is 2.49. The first-order valence-electron chi connectivity index (χ1n) is 6.61. The molecule has 5 heteroatoms. The standard InChI is InChI=1S/C13H23ClN4/c1-5-10-12(14)11(17(4)16-10)8-18-7-6-15-9-13(18,2)3/h15H,5-9H2,1-4H3. The predicted molar refractivity (Wildman–Crippen MR) is 75.0 cm³/mol. The summed E-state index contributed by atoms with van der Waals surface area (Å²) in [5.74, 6) is 0. The summed E-state index contributed by atoms with van der Waals surface area (Å²) in [6.45, 7) is 10.6. The van der Waals surface area contributed by atoms with Crippen molar-refractivity contribution in [2.75, 3.05) is 19.6 Å². The lowest BCUT2D eigenvalue weighted by molar-refractivity contribution is 0.0802. The Morgan fingerprint density at radius 2 is 2.17 bits per heavy atom. The van der Waals surface area contributed by atoms with Gasteiger partial charge in [-0.1, -0.05) is 18.5 Å². The molecule has 0 aromatic carbocycles. The van der Waals surface area contributed by atoms with Gasteiger partial charge in [0.05, 0.1) is 16.4 Å². The number of aryl methyl sites for hydroxylation is 2. The molecule has 1 aromatic rings. The van der Waals surface area contributed by atoms with Crippen molar-refractivity contribution in [1.29, 1.82) is 0 Å². The van der Waals surface area contributed by atoms with Crippen LogP contribution in [-0.2, 0) is 20.0 Å². The number of nitrogens with one attached hydrogen (secondary N) is 1. The van der Waals surface area contributed by atoms with E-state index in [-0.39, 0.29) is 5.54 Å². The van der Waals surface area contributed by atoms with Crippen LogP contribution in [0.15, 0.2) is 0 Å². The lowest BCUT2D eigenvalue weighted by Crippen LogP contribution is -2.57. The minimum atomic E-state index is 0.165. The zero-order chi connectivity index (χ0) is 13.3. The van der Waals surface area contributed by atoms with Crippen LogP contribution in [0.4, 0.5) is 0 Å². The fraction of sp³-hybridized carbons (Fsp3) is 0.769. The first-order valence-corrected chi connectivity index (χ1v) is 6.99. The first-order chi connectivity index (χ1) is 8.45. The molecule has 2 rings (SSSR count). The Labute approximate surface area is 114 Å². The van der Waals surface area contributed by atoms with Crippen LogP contribution in [0.5, 0.6) is 0 Å². The molecule has 0 saturated carbocycles. The van der Waals surface area contributed by atoms with Gasteiger partial charge in [-0.2, -0.15) is 5.10 Å². The van der Waals surface area contributed by atoms with Gasteiger partial charge in [-0.3, -0.25) is 9.58 Å². The van der Waals surface area contributed by atoms with Gasteiger partial charge in [-0.05, 0) is 20.3 Å². The number of piperazine rings is 1. The summed E-state index contributed by atoms with van der Waals surface area (Å²) >= 11 is 6.42. The third-order valence-corrected chi connectivity index (χ3v) is 4.25. The summed E-state index contributed by atoms with van der Waals surface area (Å²) in [5.41, 5.74) is 2.30. The van der Waals surface area contributed by atoms with Crippen molar-refractivity contribution in [3.8, 4) is 0 Å². The van der Waals surface area contributed by atoms with Gasteiger partial charge in [0.15, 0.2) is 0 Å². The molecule has 0 radical (unpaired) electrons. The van der Waals surface area contributed by atoms with E-state index in [2.05, 4.69) is 36.1 Å². The minimum Gasteiger partial charge on any atom is -0.314 e. The Balaban J connectivity index is 2.20. The molecule has 4 nitrogen and oxygen atoms in total. The number of rotatable bonds is 3. The van der Waals surface area contributed by atoms with E-state index < -0.39 is 0 Å². The van der Waals surface area contributed by atoms with E-state index in [4.69, 9.17) is 11.6 Å². The average Bonchev–Trinajstić information content (AvgIpc) is 2.58. The molecule has 1 aromatic heterocycles. The second-order valence-corrected chi connectivity index (χ2v) is 5.97. The summed E-state index contributed by atoms with van der Waals surface area (Å²) in [6, 6.07) is 0. The van der Waals surface area contributed by atoms with Crippen LogP contribution in [0.1, 0.15) is 32.2 Å². The second-order valence-electron chi connectivity index (χ2n) is 5.60. The first kappa shape index (κ1) is 13.8. The molecule has 0 amide bonds. The van der Waals surface area contributed by atoms with Crippen LogP contribution in [0, 0.1) is 0 Å². The van der Waals surface area contributed by atoms with E-state index in [0.29, 0.717) is 0 Å². The zero-order valence-electron chi connectivity index (χ0n) is 11.8. The maximum atomic E-state index is 6.42. The molecule has 0 bridgehead atoms. The van der Waals surface area contributed by atoms with Crippen molar-refractivity contribution in [3.63, 3.8) is 0 Å². The lowest BCUT2D eigenvalue weighted by atomic mass is 10.00. The number of halogens is 1. The normalized spacial score (nSPS) is 20.3. The smallest absolute Gasteiger partial charge is 0.0863 e. The SMILES string of the molecule is CCc1nn(C)c(CN2CCNCC2(C)C)c1Cl. The van der Waals surface area contributed by atoms with Crippen LogP contribution in [0.25, 0.3) is 0 Å². The zero-order valence-corrected chi connectivity index (χ0v) is 12.5. The minimum absolute atomic E-state index is 0.165. The van der Waals surface area contributed by atoms with Gasteiger partial charge in [-0.15, -0.1) is 0 Å². The summed E-state index contributed by atoms with van der Waals surface area (Å²) in [4.78, 5) is 2.48. The molecule has 0 spiro atoms. The Morgan fingerprint density at radius 3 is 2.72 bits per heavy atom. The molecular weight excluding hydrogens is 248 g/mol. The van der Waals surface area contributed by atoms with Gasteiger partial charge in [0.25, 0.3) is 0 Å². The molecule has 2 heterocycles. The molecule has 1 aliphatic heterocycles. The molecule has 1 fully saturated rings. The summed E-state index contributed by atoms with van der Waals surface area (Å²) in [7, 11) is 1.98. The summed E-state index contributed by atoms with van der Waals surface area (Å²) in [6.07, 6.45) is 0.887. The van der Waals surface area contributed by atoms with Crippen LogP contribution < -0.4 is 5.32 Å². The third kappa shape index (κ3) is 2.56. The molecule has 0 atom stereocenters. The highest BCUT2D eigenvalue weighted by Crippen LogP contribution is 2.25. The molecule has 1 saturated heterocycles. The van der Waals surface area contributed by atoms with Gasteiger partial charge in [0.2, 0.25) is 0 Å². The monoisotopic (exact) mass is 270 g/mol. The van der Waals surface area contributed by atoms with Crippen molar-refractivity contribution in [1.82, 2.24) is 20.0 Å². The van der Waals surface area contributed by atoms with Crippen LogP contribution in [-0.4, -0.2) is 39.9 Å². The molecular formula is C13H23ClN4. The van der Waals surface area contributed by atoms with Crippen molar-refractivity contribution in [2.24, 2.45) is 7.05 Å². The molecule has 1 N–H and O–H groups in total. The molecule has 0 unspecified atom stereocenters. The molecule has 0 aliphatic carbocycles. The van der Waals surface area contributed by atoms with E-state index in [1.807, 2.05) is 11.7 Å². The van der Waals surface area contributed by atoms with Crippen molar-refractivity contribution >= 4 is 11.6 Å². The van der Waals surface area contributed by atoms with E-state index >= 15 is 0 Å². The highest BCUT2D eigenvalue weighted by Gasteiger charge is 2.30. The van der Waals surface area contributed by atoms with Gasteiger partial charge >= 0.3 is 0 Å². The number of hydrogen-bond donors (Lipinski definition) is 1. The van der Waals surface area contributed by atoms with Crippen molar-refractivity contribution in [3.05, 3.63) is 16.4 Å². The van der Waals surface area contributed by atoms with Gasteiger partial charge in [0.1, 0.15) is 0 Å². The summed E-state index contributed by atoms with van der Waals surface area (Å²) < 4.78 is 1.93. The maximum absolute atomic E-state index is 6.42. The third-order valence-electron chi connectivity index (χ3n) is 3.82. The topological polar surface area (TPSA) is 33.1 Å². The van der Waals surface area contributed by atoms with E-state index in [9.17, 15) is 0 Å². The quantitative estimate of drug-likeness (QED) is 0.910. The average molecular weight is 271 g/mol. The van der Waals surface area contributed by atoms with Gasteiger partial charge in [0, 0.05) is 38.8 Å². The fourth-order valence-corrected chi connectivity index (χ4v) is 2.84. The largest absolute Gasteiger partial charge is 0.314 e. The summed E-state index contributed by atoms with van der Waals surface area (Å²) in [5, 5.41) is 8.77. The predicted octanol–water partition coefficient (Wildman–Crippen LogP) is 1.82. The highest BCUT2D eigenvalue weighted by molar-refractivity contribution is 6.31.